The summed E-state index contributed by atoms with van der Waals surface area (Å²) in [7, 11) is -3.61. The van der Waals surface area contributed by atoms with Crippen molar-refractivity contribution in [2.24, 2.45) is 0 Å². The van der Waals surface area contributed by atoms with Crippen molar-refractivity contribution in [1.82, 2.24) is 10.0 Å². The van der Waals surface area contributed by atoms with Gasteiger partial charge in [0.05, 0.1) is 11.0 Å². The van der Waals surface area contributed by atoms with E-state index < -0.39 is 10.0 Å². The molecule has 2 aromatic carbocycles. The molecule has 0 radical (unpaired) electrons. The maximum Gasteiger partial charge on any atom is 0.251 e. The van der Waals surface area contributed by atoms with Crippen molar-refractivity contribution in [1.29, 1.82) is 0 Å². The number of carbonyl (C=O) groups is 1. The number of hydrogen-bond donors (Lipinski definition) is 2. The molecule has 0 bridgehead atoms. The fraction of sp³-hybridized carbons (Fsp3) is 0.350. The monoisotopic (exact) mass is 388 g/mol. The van der Waals surface area contributed by atoms with Gasteiger partial charge < -0.3 is 10.1 Å². The highest BCUT2D eigenvalue weighted by Gasteiger charge is 2.20. The number of nitrogens with one attached hydrogen (secondary N) is 2. The molecule has 1 heterocycles. The van der Waals surface area contributed by atoms with Crippen LogP contribution in [0, 0.1) is 6.92 Å². The van der Waals surface area contributed by atoms with Crippen LogP contribution in [0.5, 0.6) is 0 Å². The Bertz CT molecular complexity index is 888. The summed E-state index contributed by atoms with van der Waals surface area (Å²) >= 11 is 0. The lowest BCUT2D eigenvalue weighted by atomic mass is 10.1. The molecule has 1 aliphatic rings. The van der Waals surface area contributed by atoms with Crippen LogP contribution in [-0.4, -0.2) is 33.6 Å². The molecule has 27 heavy (non-hydrogen) atoms. The Kier molecular flexibility index (Phi) is 6.26. The van der Waals surface area contributed by atoms with Crippen LogP contribution in [0.15, 0.2) is 53.4 Å². The van der Waals surface area contributed by atoms with Crippen molar-refractivity contribution in [2.75, 3.05) is 13.2 Å². The van der Waals surface area contributed by atoms with E-state index in [1.54, 1.807) is 0 Å². The fourth-order valence-corrected chi connectivity index (χ4v) is 4.05. The first-order chi connectivity index (χ1) is 12.9. The first-order valence-electron chi connectivity index (χ1n) is 8.99. The molecular weight excluding hydrogens is 364 g/mol. The molecule has 2 aromatic rings. The van der Waals surface area contributed by atoms with Gasteiger partial charge in [0, 0.05) is 25.3 Å². The first kappa shape index (κ1) is 19.5. The lowest BCUT2D eigenvalue weighted by Crippen LogP contribution is -2.31. The van der Waals surface area contributed by atoms with Gasteiger partial charge in [0.2, 0.25) is 10.0 Å². The van der Waals surface area contributed by atoms with Crippen molar-refractivity contribution < 1.29 is 17.9 Å². The standard InChI is InChI=1S/C20H24N2O4S/c1-15-4-2-5-16(12-15)13-21-20(23)17-7-9-19(10-8-17)27(24,25)22-14-18-6-3-11-26-18/h2,4-5,7-10,12,18,22H,3,6,11,13-14H2,1H3,(H,21,23). The second-order valence-electron chi connectivity index (χ2n) is 6.68. The predicted octanol–water partition coefficient (Wildman–Crippen LogP) is 2.38. The highest BCUT2D eigenvalue weighted by Crippen LogP contribution is 2.14. The normalized spacial score (nSPS) is 17.0. The zero-order valence-electron chi connectivity index (χ0n) is 15.3. The van der Waals surface area contributed by atoms with E-state index in [4.69, 9.17) is 4.74 Å². The Morgan fingerprint density at radius 1 is 1.19 bits per heavy atom. The van der Waals surface area contributed by atoms with Gasteiger partial charge in [-0.1, -0.05) is 29.8 Å². The smallest absolute Gasteiger partial charge is 0.251 e. The molecule has 1 saturated heterocycles. The quantitative estimate of drug-likeness (QED) is 0.763. The molecule has 0 aliphatic carbocycles. The molecule has 0 aromatic heterocycles. The van der Waals surface area contributed by atoms with E-state index in [1.165, 1.54) is 24.3 Å². The Labute approximate surface area is 160 Å². The molecule has 6 nitrogen and oxygen atoms in total. The minimum Gasteiger partial charge on any atom is -0.377 e. The molecular formula is C20H24N2O4S. The average Bonchev–Trinajstić information content (AvgIpc) is 3.18. The fourth-order valence-electron chi connectivity index (χ4n) is 2.98. The van der Waals surface area contributed by atoms with E-state index in [1.807, 2.05) is 31.2 Å². The number of hydrogen-bond acceptors (Lipinski definition) is 4. The van der Waals surface area contributed by atoms with E-state index in [-0.39, 0.29) is 23.5 Å². The third-order valence-electron chi connectivity index (χ3n) is 4.49. The Morgan fingerprint density at radius 2 is 1.96 bits per heavy atom. The molecule has 144 valence electrons. The van der Waals surface area contributed by atoms with Gasteiger partial charge in [-0.15, -0.1) is 0 Å². The summed E-state index contributed by atoms with van der Waals surface area (Å²) in [4.78, 5) is 12.4. The topological polar surface area (TPSA) is 84.5 Å². The molecule has 1 fully saturated rings. The predicted molar refractivity (Wildman–Crippen MR) is 103 cm³/mol. The van der Waals surface area contributed by atoms with Gasteiger partial charge in [-0.05, 0) is 49.6 Å². The second kappa shape index (κ2) is 8.65. The SMILES string of the molecule is Cc1cccc(CNC(=O)c2ccc(S(=O)(=O)NCC3CCCO3)cc2)c1. The van der Waals surface area contributed by atoms with E-state index in [0.29, 0.717) is 18.7 Å². The summed E-state index contributed by atoms with van der Waals surface area (Å²) in [5, 5.41) is 2.84. The number of rotatable bonds is 7. The van der Waals surface area contributed by atoms with E-state index in [2.05, 4.69) is 10.0 Å². The van der Waals surface area contributed by atoms with Crippen molar-refractivity contribution in [3.05, 3.63) is 65.2 Å². The van der Waals surface area contributed by atoms with Gasteiger partial charge >= 0.3 is 0 Å². The van der Waals surface area contributed by atoms with Crippen LogP contribution in [0.3, 0.4) is 0 Å². The van der Waals surface area contributed by atoms with Gasteiger partial charge in [-0.3, -0.25) is 4.79 Å². The summed E-state index contributed by atoms with van der Waals surface area (Å²) in [6.07, 6.45) is 1.76. The second-order valence-corrected chi connectivity index (χ2v) is 8.45. The number of sulfonamides is 1. The molecule has 1 atom stereocenters. The summed E-state index contributed by atoms with van der Waals surface area (Å²) in [6, 6.07) is 13.8. The number of ether oxygens (including phenoxy) is 1. The lowest BCUT2D eigenvalue weighted by Gasteiger charge is -2.12. The molecule has 1 amide bonds. The van der Waals surface area contributed by atoms with Crippen LogP contribution in [0.25, 0.3) is 0 Å². The average molecular weight is 388 g/mol. The highest BCUT2D eigenvalue weighted by molar-refractivity contribution is 7.89. The highest BCUT2D eigenvalue weighted by atomic mass is 32.2. The summed E-state index contributed by atoms with van der Waals surface area (Å²) in [5.74, 6) is -0.243. The Balaban J connectivity index is 1.57. The van der Waals surface area contributed by atoms with Crippen molar-refractivity contribution >= 4 is 15.9 Å². The maximum atomic E-state index is 12.3. The lowest BCUT2D eigenvalue weighted by molar-refractivity contribution is 0.0950. The summed E-state index contributed by atoms with van der Waals surface area (Å²) in [6.45, 7) is 3.36. The van der Waals surface area contributed by atoms with Gasteiger partial charge in [0.1, 0.15) is 0 Å². The first-order valence-corrected chi connectivity index (χ1v) is 10.5. The maximum absolute atomic E-state index is 12.3. The van der Waals surface area contributed by atoms with Crippen LogP contribution < -0.4 is 10.0 Å². The van der Waals surface area contributed by atoms with Crippen LogP contribution in [0.4, 0.5) is 0 Å². The number of aryl methyl sites for hydroxylation is 1. The third kappa shape index (κ3) is 5.38. The van der Waals surface area contributed by atoms with E-state index >= 15 is 0 Å². The van der Waals surface area contributed by atoms with Crippen molar-refractivity contribution in [2.45, 2.75) is 37.3 Å². The number of amides is 1. The molecule has 1 unspecified atom stereocenters. The zero-order valence-corrected chi connectivity index (χ0v) is 16.1. The zero-order chi connectivity index (χ0) is 19.3. The third-order valence-corrected chi connectivity index (χ3v) is 5.93. The van der Waals surface area contributed by atoms with Gasteiger partial charge in [0.25, 0.3) is 5.91 Å². The molecule has 0 saturated carbocycles. The minimum absolute atomic E-state index is 0.0635. The van der Waals surface area contributed by atoms with Crippen LogP contribution in [0.1, 0.15) is 34.3 Å². The number of benzene rings is 2. The van der Waals surface area contributed by atoms with Gasteiger partial charge in [-0.25, -0.2) is 13.1 Å². The largest absolute Gasteiger partial charge is 0.377 e. The molecule has 7 heteroatoms. The molecule has 1 aliphatic heterocycles. The molecule has 2 N–H and O–H groups in total. The van der Waals surface area contributed by atoms with E-state index in [9.17, 15) is 13.2 Å². The summed E-state index contributed by atoms with van der Waals surface area (Å²) in [5.41, 5.74) is 2.56. The van der Waals surface area contributed by atoms with Crippen LogP contribution in [0.2, 0.25) is 0 Å². The van der Waals surface area contributed by atoms with E-state index in [0.717, 1.165) is 24.0 Å². The van der Waals surface area contributed by atoms with Gasteiger partial charge in [-0.2, -0.15) is 0 Å². The van der Waals surface area contributed by atoms with Crippen LogP contribution in [-0.2, 0) is 21.3 Å². The Hall–Kier alpha value is -2.22. The Morgan fingerprint density at radius 3 is 2.63 bits per heavy atom. The number of carbonyl (C=O) groups excluding carboxylic acids is 1. The molecule has 0 spiro atoms. The van der Waals surface area contributed by atoms with Crippen molar-refractivity contribution in [3.63, 3.8) is 0 Å². The van der Waals surface area contributed by atoms with Gasteiger partial charge in [0.15, 0.2) is 0 Å². The van der Waals surface area contributed by atoms with Crippen molar-refractivity contribution in [3.8, 4) is 0 Å². The molecule has 3 rings (SSSR count). The minimum atomic E-state index is -3.61. The van der Waals surface area contributed by atoms with Crippen LogP contribution >= 0.6 is 0 Å². The summed E-state index contributed by atoms with van der Waals surface area (Å²) < 4.78 is 32.7.